The quantitative estimate of drug-likeness (QED) is 0.553. The van der Waals surface area contributed by atoms with E-state index < -0.39 is 0 Å². The molecule has 0 nitrogen and oxygen atoms in total. The van der Waals surface area contributed by atoms with Crippen molar-refractivity contribution in [2.75, 3.05) is 0 Å². The monoisotopic (exact) mass is 210 g/mol. The molecule has 1 atom stereocenters. The van der Waals surface area contributed by atoms with Crippen molar-refractivity contribution in [3.63, 3.8) is 0 Å². The summed E-state index contributed by atoms with van der Waals surface area (Å²) in [4.78, 5) is 0. The van der Waals surface area contributed by atoms with Gasteiger partial charge in [-0.25, -0.2) is 0 Å². The van der Waals surface area contributed by atoms with E-state index in [-0.39, 0.29) is 0 Å². The number of benzene rings is 2. The van der Waals surface area contributed by atoms with E-state index >= 15 is 0 Å². The molecule has 72 valence electrons. The maximum Gasteiger partial charge on any atom is 0.00602 e. The zero-order valence-electron chi connectivity index (χ0n) is 8.27. The highest BCUT2D eigenvalue weighted by Gasteiger charge is 2.03. The van der Waals surface area contributed by atoms with E-state index in [2.05, 4.69) is 60.4 Å². The van der Waals surface area contributed by atoms with Gasteiger partial charge < -0.3 is 0 Å². The third-order valence-corrected chi connectivity index (χ3v) is 3.97. The van der Waals surface area contributed by atoms with Crippen LogP contribution in [-0.4, -0.2) is 0 Å². The molecule has 1 heterocycles. The number of hydrogen-bond acceptors (Lipinski definition) is 0. The van der Waals surface area contributed by atoms with E-state index in [0.717, 1.165) is 8.19 Å². The van der Waals surface area contributed by atoms with E-state index in [1.54, 1.807) is 0 Å². The average Bonchev–Trinajstić information content (AvgIpc) is 2.74. The lowest BCUT2D eigenvalue weighted by molar-refractivity contribution is 1.71. The maximum atomic E-state index is 2.33. The van der Waals surface area contributed by atoms with Crippen LogP contribution in [0.3, 0.4) is 0 Å². The molecule has 0 bridgehead atoms. The second kappa shape index (κ2) is 3.56. The second-order valence-corrected chi connectivity index (χ2v) is 4.69. The zero-order valence-corrected chi connectivity index (χ0v) is 9.27. The molecule has 0 amide bonds. The summed E-state index contributed by atoms with van der Waals surface area (Å²) in [5, 5.41) is 4.27. The third kappa shape index (κ3) is 1.48. The van der Waals surface area contributed by atoms with Gasteiger partial charge in [-0.05, 0) is 22.1 Å². The Balaban J connectivity index is 2.28. The smallest absolute Gasteiger partial charge is 0.00602 e. The number of fused-ring (bicyclic) bond motifs is 1. The molecule has 1 heteroatoms. The summed E-state index contributed by atoms with van der Waals surface area (Å²) in [6.45, 7) is 0. The lowest BCUT2D eigenvalue weighted by Gasteiger charge is -1.98. The molecular weight excluding hydrogens is 199 g/mol. The summed E-state index contributed by atoms with van der Waals surface area (Å²) in [6.07, 6.45) is 0. The standard InChI is InChI=1S/C14H11P/c1-2-6-11(7-3-1)14-13-9-5-4-8-12(13)10-15-14/h1-10,15H. The van der Waals surface area contributed by atoms with Crippen LogP contribution in [0.25, 0.3) is 21.6 Å². The highest BCUT2D eigenvalue weighted by atomic mass is 31.0. The molecule has 0 aliphatic rings. The molecule has 0 radical (unpaired) electrons. The Morgan fingerprint density at radius 1 is 0.733 bits per heavy atom. The van der Waals surface area contributed by atoms with Crippen LogP contribution < -0.4 is 0 Å². The van der Waals surface area contributed by atoms with Gasteiger partial charge in [-0.3, -0.25) is 0 Å². The van der Waals surface area contributed by atoms with E-state index in [0.29, 0.717) is 0 Å². The first-order chi connectivity index (χ1) is 7.45. The lowest BCUT2D eigenvalue weighted by Crippen LogP contribution is -1.71. The van der Waals surface area contributed by atoms with Crippen LogP contribution in [0.4, 0.5) is 0 Å². The van der Waals surface area contributed by atoms with E-state index in [1.807, 2.05) is 0 Å². The van der Waals surface area contributed by atoms with Crippen molar-refractivity contribution >= 4 is 19.0 Å². The first kappa shape index (κ1) is 8.76. The highest BCUT2D eigenvalue weighted by molar-refractivity contribution is 7.34. The SMILES string of the molecule is c1ccc(-c2[pH]cc3ccccc23)cc1. The van der Waals surface area contributed by atoms with Gasteiger partial charge in [0.15, 0.2) is 0 Å². The molecule has 3 aromatic rings. The third-order valence-electron chi connectivity index (χ3n) is 2.66. The van der Waals surface area contributed by atoms with Crippen molar-refractivity contribution in [2.24, 2.45) is 0 Å². The molecule has 0 aliphatic carbocycles. The van der Waals surface area contributed by atoms with Crippen molar-refractivity contribution in [3.8, 4) is 10.9 Å². The van der Waals surface area contributed by atoms with E-state index in [1.165, 1.54) is 21.6 Å². The van der Waals surface area contributed by atoms with Crippen LogP contribution in [0.1, 0.15) is 0 Å². The fourth-order valence-corrected chi connectivity index (χ4v) is 3.19. The molecule has 0 N–H and O–H groups in total. The van der Waals surface area contributed by atoms with E-state index in [4.69, 9.17) is 0 Å². The van der Waals surface area contributed by atoms with Gasteiger partial charge in [0.2, 0.25) is 0 Å². The molecule has 0 aliphatic heterocycles. The summed E-state index contributed by atoms with van der Waals surface area (Å²) < 4.78 is 0. The van der Waals surface area contributed by atoms with Gasteiger partial charge in [0.25, 0.3) is 0 Å². The Labute approximate surface area is 90.7 Å². The minimum absolute atomic E-state index is 0.807. The van der Waals surface area contributed by atoms with Gasteiger partial charge in [0, 0.05) is 5.30 Å². The summed E-state index contributed by atoms with van der Waals surface area (Å²) in [5.74, 6) is 2.33. The van der Waals surface area contributed by atoms with Gasteiger partial charge >= 0.3 is 0 Å². The molecule has 0 saturated carbocycles. The topological polar surface area (TPSA) is 0 Å². The van der Waals surface area contributed by atoms with Crippen molar-refractivity contribution in [1.29, 1.82) is 0 Å². The normalized spacial score (nSPS) is 11.2. The van der Waals surface area contributed by atoms with Crippen LogP contribution in [0.5, 0.6) is 0 Å². The zero-order chi connectivity index (χ0) is 10.1. The van der Waals surface area contributed by atoms with Crippen molar-refractivity contribution in [2.45, 2.75) is 0 Å². The molecule has 1 unspecified atom stereocenters. The number of rotatable bonds is 1. The summed E-state index contributed by atoms with van der Waals surface area (Å²) >= 11 is 0. The predicted molar refractivity (Wildman–Crippen MR) is 68.9 cm³/mol. The van der Waals surface area contributed by atoms with Crippen LogP contribution in [0.15, 0.2) is 60.4 Å². The molecule has 3 rings (SSSR count). The molecule has 2 aromatic carbocycles. The molecular formula is C14H11P. The fraction of sp³-hybridized carbons (Fsp3) is 0. The van der Waals surface area contributed by atoms with E-state index in [9.17, 15) is 0 Å². The Hall–Kier alpha value is -1.52. The van der Waals surface area contributed by atoms with Gasteiger partial charge in [-0.15, -0.1) is 8.19 Å². The van der Waals surface area contributed by atoms with Crippen molar-refractivity contribution in [1.82, 2.24) is 0 Å². The average molecular weight is 210 g/mol. The maximum absolute atomic E-state index is 2.33. The van der Waals surface area contributed by atoms with Gasteiger partial charge in [0.1, 0.15) is 0 Å². The summed E-state index contributed by atoms with van der Waals surface area (Å²) in [7, 11) is 0.807. The van der Waals surface area contributed by atoms with Crippen LogP contribution in [0, 0.1) is 0 Å². The fourth-order valence-electron chi connectivity index (χ4n) is 1.92. The predicted octanol–water partition coefficient (Wildman–Crippen LogP) is 4.54. The Bertz CT molecular complexity index is 578. The Kier molecular flexibility index (Phi) is 2.08. The molecule has 1 aromatic heterocycles. The first-order valence-electron chi connectivity index (χ1n) is 5.07. The minimum atomic E-state index is 0.807. The van der Waals surface area contributed by atoms with Gasteiger partial charge in [0.05, 0.1) is 0 Å². The summed E-state index contributed by atoms with van der Waals surface area (Å²) in [6, 6.07) is 19.3. The molecule has 15 heavy (non-hydrogen) atoms. The van der Waals surface area contributed by atoms with Crippen LogP contribution in [-0.2, 0) is 0 Å². The van der Waals surface area contributed by atoms with Gasteiger partial charge in [-0.2, -0.15) is 0 Å². The molecule has 0 spiro atoms. The second-order valence-electron chi connectivity index (χ2n) is 3.62. The highest BCUT2D eigenvalue weighted by Crippen LogP contribution is 2.37. The summed E-state index contributed by atoms with van der Waals surface area (Å²) in [5.41, 5.74) is 1.36. The molecule has 0 fully saturated rings. The Morgan fingerprint density at radius 3 is 2.33 bits per heavy atom. The van der Waals surface area contributed by atoms with Crippen molar-refractivity contribution < 1.29 is 0 Å². The lowest BCUT2D eigenvalue weighted by atomic mass is 10.1. The molecule has 0 saturated heterocycles. The first-order valence-corrected chi connectivity index (χ1v) is 6.14. The number of hydrogen-bond donors (Lipinski definition) is 0. The van der Waals surface area contributed by atoms with Crippen LogP contribution >= 0.6 is 8.19 Å². The van der Waals surface area contributed by atoms with Gasteiger partial charge in [-0.1, -0.05) is 54.6 Å². The minimum Gasteiger partial charge on any atom is -0.130 e. The van der Waals surface area contributed by atoms with Crippen LogP contribution in [0.2, 0.25) is 0 Å². The Morgan fingerprint density at radius 2 is 1.47 bits per heavy atom. The largest absolute Gasteiger partial charge is 0.130 e. The van der Waals surface area contributed by atoms with Crippen molar-refractivity contribution in [3.05, 3.63) is 60.4 Å².